The third-order valence-corrected chi connectivity index (χ3v) is 9.49. The molecule has 0 bridgehead atoms. The maximum atomic E-state index is 13.6. The van der Waals surface area contributed by atoms with Gasteiger partial charge in [-0.1, -0.05) is 64.0 Å². The summed E-state index contributed by atoms with van der Waals surface area (Å²) in [5, 5.41) is 9.66. The van der Waals surface area contributed by atoms with Crippen molar-refractivity contribution < 1.29 is 34.9 Å². The highest BCUT2D eigenvalue weighted by Crippen LogP contribution is 2.33. The maximum Gasteiger partial charge on any atom is 0.416 e. The number of H-pyrrole nitrogens is 1. The monoisotopic (exact) mass is 728 g/mol. The van der Waals surface area contributed by atoms with E-state index in [1.807, 2.05) is 0 Å². The molecule has 268 valence electrons. The normalized spacial score (nSPS) is 11.9. The molecule has 0 radical (unpaired) electrons. The zero-order valence-corrected chi connectivity index (χ0v) is 29.2. The summed E-state index contributed by atoms with van der Waals surface area (Å²) < 4.78 is 97.4. The molecular formula is C33H41F5N6O3S2. The molecule has 0 saturated heterocycles. The molecule has 16 heteroatoms. The molecule has 4 aromatic rings. The van der Waals surface area contributed by atoms with Crippen LogP contribution in [0, 0.1) is 11.8 Å². The second-order valence-electron chi connectivity index (χ2n) is 11.5. The fourth-order valence-corrected chi connectivity index (χ4v) is 6.11. The second kappa shape index (κ2) is 19.0. The van der Waals surface area contributed by atoms with Crippen molar-refractivity contribution in [2.75, 3.05) is 33.7 Å². The maximum absolute atomic E-state index is 13.6. The van der Waals surface area contributed by atoms with Crippen molar-refractivity contribution in [3.8, 4) is 23.2 Å². The molecule has 0 spiro atoms. The van der Waals surface area contributed by atoms with Gasteiger partial charge in [-0.15, -0.1) is 11.3 Å². The first-order valence-corrected chi connectivity index (χ1v) is 18.1. The van der Waals surface area contributed by atoms with Crippen LogP contribution in [0.4, 0.5) is 22.0 Å². The molecule has 1 aromatic carbocycles. The van der Waals surface area contributed by atoms with E-state index < -0.39 is 34.0 Å². The number of thiophene rings is 1. The highest BCUT2D eigenvalue weighted by atomic mass is 32.3. The van der Waals surface area contributed by atoms with E-state index in [2.05, 4.69) is 63.2 Å². The Hall–Kier alpha value is -3.49. The Morgan fingerprint density at radius 2 is 1.65 bits per heavy atom. The van der Waals surface area contributed by atoms with Gasteiger partial charge in [-0.2, -0.15) is 26.7 Å². The molecule has 0 aliphatic carbocycles. The zero-order valence-electron chi connectivity index (χ0n) is 27.6. The van der Waals surface area contributed by atoms with Gasteiger partial charge >= 0.3 is 16.3 Å². The molecule has 3 aromatic heterocycles. The summed E-state index contributed by atoms with van der Waals surface area (Å²) in [6.07, 6.45) is 3.54. The van der Waals surface area contributed by atoms with Crippen molar-refractivity contribution in [3.63, 3.8) is 0 Å². The minimum atomic E-state index is -4.65. The van der Waals surface area contributed by atoms with Crippen LogP contribution in [0.5, 0.6) is 0 Å². The Kier molecular flexibility index (Phi) is 15.5. The Bertz CT molecular complexity index is 1800. The number of fused-ring (bicyclic) bond motifs is 1. The number of nitrogens with one attached hydrogen (secondary N) is 2. The second-order valence-corrected chi connectivity index (χ2v) is 14.2. The first-order valence-electron chi connectivity index (χ1n) is 15.9. The third-order valence-electron chi connectivity index (χ3n) is 7.17. The number of aromatic amines is 1. The minimum absolute atomic E-state index is 0.0377. The number of likely N-dealkylation sites (N-methyl/N-ethyl adjacent to an activating group) is 1. The highest BCUT2D eigenvalue weighted by molar-refractivity contribution is 7.88. The predicted octanol–water partition coefficient (Wildman–Crippen LogP) is 7.96. The lowest BCUT2D eigenvalue weighted by Crippen LogP contribution is -2.27. The summed E-state index contributed by atoms with van der Waals surface area (Å²) >= 11 is 0.674. The van der Waals surface area contributed by atoms with Crippen molar-refractivity contribution in [2.24, 2.45) is 0 Å². The average Bonchev–Trinajstić information content (AvgIpc) is 3.69. The van der Waals surface area contributed by atoms with Gasteiger partial charge in [-0.25, -0.2) is 18.7 Å². The van der Waals surface area contributed by atoms with Crippen LogP contribution in [0.25, 0.3) is 22.4 Å². The van der Waals surface area contributed by atoms with E-state index in [9.17, 15) is 30.4 Å². The fraction of sp³-hybridized carbons (Fsp3) is 0.485. The van der Waals surface area contributed by atoms with Crippen molar-refractivity contribution in [2.45, 2.75) is 75.1 Å². The Morgan fingerprint density at radius 3 is 2.27 bits per heavy atom. The Balaban J connectivity index is 0.000000345. The summed E-state index contributed by atoms with van der Waals surface area (Å²) in [4.78, 5) is 10.2. The van der Waals surface area contributed by atoms with Gasteiger partial charge in [0.25, 0.3) is 6.43 Å². The number of halogens is 5. The van der Waals surface area contributed by atoms with Crippen LogP contribution in [0.2, 0.25) is 0 Å². The van der Waals surface area contributed by atoms with Crippen LogP contribution in [-0.4, -0.2) is 71.8 Å². The lowest BCUT2D eigenvalue weighted by Gasteiger charge is -2.10. The number of unbranched alkanes of at least 4 members (excludes halogenated alkanes) is 7. The smallest absolute Gasteiger partial charge is 0.315 e. The topological polar surface area (TPSA) is 124 Å². The van der Waals surface area contributed by atoms with E-state index >= 15 is 0 Å². The summed E-state index contributed by atoms with van der Waals surface area (Å²) in [6, 6.07) is 6.38. The molecular weight excluding hydrogens is 688 g/mol. The molecule has 9 nitrogen and oxygen atoms in total. The Morgan fingerprint density at radius 1 is 0.959 bits per heavy atom. The van der Waals surface area contributed by atoms with Gasteiger partial charge in [0.2, 0.25) is 0 Å². The lowest BCUT2D eigenvalue weighted by molar-refractivity contribution is -0.137. The van der Waals surface area contributed by atoms with E-state index in [1.165, 1.54) is 70.0 Å². The third kappa shape index (κ3) is 13.0. The van der Waals surface area contributed by atoms with Crippen molar-refractivity contribution in [1.82, 2.24) is 30.4 Å². The summed E-state index contributed by atoms with van der Waals surface area (Å²) in [7, 11) is -0.162. The van der Waals surface area contributed by atoms with E-state index in [4.69, 9.17) is 4.55 Å². The minimum Gasteiger partial charge on any atom is -0.315 e. The first-order chi connectivity index (χ1) is 23.2. The van der Waals surface area contributed by atoms with Crippen molar-refractivity contribution in [3.05, 3.63) is 58.2 Å². The Labute approximate surface area is 287 Å². The molecule has 0 aliphatic rings. The number of aromatic nitrogens is 4. The standard InChI is InChI=1S/C19H9F5N4O3S2.C14H32N2/c20-17(21)16-15-14(25-18(26-16)9-2-1-3-10(8-9)19(22,23)24)12(27-28-15)6-4-11-5-7-13(32-11)33(29,30)31;1-4-5-6-7-8-9-10-11-12-15-13-14-16(2)3/h1-3,5,7-8,17H,(H,27,28)(H,29,30,31);15H,4-14H2,1-3H3. The fourth-order valence-electron chi connectivity index (χ4n) is 4.59. The molecule has 4 rings (SSSR count). The highest BCUT2D eigenvalue weighted by Gasteiger charge is 2.31. The van der Waals surface area contributed by atoms with Crippen molar-refractivity contribution >= 4 is 32.5 Å². The number of hydrogen-bond donors (Lipinski definition) is 3. The van der Waals surface area contributed by atoms with E-state index in [-0.39, 0.29) is 37.2 Å². The van der Waals surface area contributed by atoms with Crippen LogP contribution in [0.15, 0.2) is 40.6 Å². The molecule has 0 saturated carbocycles. The predicted molar refractivity (Wildman–Crippen MR) is 181 cm³/mol. The largest absolute Gasteiger partial charge is 0.416 e. The van der Waals surface area contributed by atoms with Gasteiger partial charge in [0.1, 0.15) is 26.6 Å². The van der Waals surface area contributed by atoms with Gasteiger partial charge in [0, 0.05) is 18.7 Å². The number of rotatable bonds is 15. The van der Waals surface area contributed by atoms with Crippen LogP contribution >= 0.6 is 11.3 Å². The van der Waals surface area contributed by atoms with E-state index in [1.54, 1.807) is 0 Å². The summed E-state index contributed by atoms with van der Waals surface area (Å²) in [6.45, 7) is 5.75. The van der Waals surface area contributed by atoms with Gasteiger partial charge in [-0.3, -0.25) is 9.65 Å². The number of nitrogens with zero attached hydrogens (tertiary/aromatic N) is 4. The van der Waals surface area contributed by atoms with Gasteiger partial charge in [-0.05, 0) is 63.2 Å². The molecule has 0 atom stereocenters. The van der Waals surface area contributed by atoms with Gasteiger partial charge in [0.15, 0.2) is 5.82 Å². The summed E-state index contributed by atoms with van der Waals surface area (Å²) in [5.41, 5.74) is -2.42. The van der Waals surface area contributed by atoms with Crippen LogP contribution in [-0.2, 0) is 16.3 Å². The molecule has 3 N–H and O–H groups in total. The number of hydrogen-bond acceptors (Lipinski definition) is 8. The van der Waals surface area contributed by atoms with Crippen LogP contribution in [0.1, 0.15) is 86.5 Å². The van der Waals surface area contributed by atoms with Crippen LogP contribution in [0.3, 0.4) is 0 Å². The number of benzene rings is 1. The average molecular weight is 729 g/mol. The van der Waals surface area contributed by atoms with Crippen LogP contribution < -0.4 is 5.32 Å². The molecule has 49 heavy (non-hydrogen) atoms. The first kappa shape index (κ1) is 39.9. The molecule has 0 fully saturated rings. The zero-order chi connectivity index (χ0) is 36.0. The molecule has 0 amide bonds. The van der Waals surface area contributed by atoms with Gasteiger partial charge in [0.05, 0.1) is 10.4 Å². The number of alkyl halides is 5. The summed E-state index contributed by atoms with van der Waals surface area (Å²) in [5.74, 6) is 4.80. The SMILES string of the molecule is CCCCCCCCCCNCCN(C)C.O=S(=O)(O)c1ccc(C#Cc2[nH]nc3c(C(F)F)nc(-c4cccc(C(F)(F)F)c4)nc23)s1. The molecule has 3 heterocycles. The molecule has 0 aliphatic heterocycles. The van der Waals surface area contributed by atoms with Crippen molar-refractivity contribution in [1.29, 1.82) is 0 Å². The molecule has 0 unspecified atom stereocenters. The van der Waals surface area contributed by atoms with E-state index in [0.717, 1.165) is 37.4 Å². The van der Waals surface area contributed by atoms with Gasteiger partial charge < -0.3 is 10.2 Å². The van der Waals surface area contributed by atoms with E-state index in [0.29, 0.717) is 11.3 Å². The lowest BCUT2D eigenvalue weighted by atomic mass is 10.1. The quantitative estimate of drug-likeness (QED) is 0.0488.